The lowest BCUT2D eigenvalue weighted by molar-refractivity contribution is 0.403. The topological polar surface area (TPSA) is 23.5 Å². The lowest BCUT2D eigenvalue weighted by Gasteiger charge is -2.33. The molecule has 0 spiro atoms. The minimum Gasteiger partial charge on any atom is -0.507 e. The molecule has 1 N–H and O–H groups in total. The molecule has 2 atom stereocenters. The Bertz CT molecular complexity index is 726. The van der Waals surface area contributed by atoms with Gasteiger partial charge in [0.15, 0.2) is 0 Å². The molecule has 0 heterocycles. The zero-order valence-electron chi connectivity index (χ0n) is 16.5. The van der Waals surface area contributed by atoms with Gasteiger partial charge in [0.25, 0.3) is 0 Å². The zero-order valence-corrected chi connectivity index (χ0v) is 17.5. The van der Waals surface area contributed by atoms with E-state index in [1.54, 1.807) is 0 Å². The van der Waals surface area contributed by atoms with E-state index in [0.29, 0.717) is 14.3 Å². The van der Waals surface area contributed by atoms with Crippen molar-refractivity contribution < 1.29 is 5.11 Å². The first-order chi connectivity index (χ1) is 11.8. The van der Waals surface area contributed by atoms with E-state index in [-0.39, 0.29) is 5.16 Å². The van der Waals surface area contributed by atoms with E-state index >= 15 is 0 Å². The molecule has 0 saturated carbocycles. The van der Waals surface area contributed by atoms with Crippen LogP contribution in [0.15, 0.2) is 36.4 Å². The summed E-state index contributed by atoms with van der Waals surface area (Å²) in [5, 5.41) is 12.1. The number of aromatic hydroxyl groups is 1. The fourth-order valence-corrected chi connectivity index (χ4v) is 5.36. The highest BCUT2D eigenvalue weighted by atomic mass is 31.1. The van der Waals surface area contributed by atoms with Crippen molar-refractivity contribution in [1.82, 2.24) is 4.90 Å². The highest BCUT2D eigenvalue weighted by molar-refractivity contribution is 7.48. The lowest BCUT2D eigenvalue weighted by atomic mass is 9.91. The van der Waals surface area contributed by atoms with E-state index < -0.39 is 0 Å². The minimum atomic E-state index is -0.0436. The van der Waals surface area contributed by atoms with Crippen molar-refractivity contribution in [3.8, 4) is 5.75 Å². The monoisotopic (exact) mass is 357 g/mol. The van der Waals surface area contributed by atoms with E-state index in [0.717, 1.165) is 30.5 Å². The molecule has 0 amide bonds. The number of hydrogen-bond donors (Lipinski definition) is 1. The third-order valence-corrected chi connectivity index (χ3v) is 6.53. The fourth-order valence-electron chi connectivity index (χ4n) is 3.56. The molecule has 2 rings (SSSR count). The molecular weight excluding hydrogens is 325 g/mol. The van der Waals surface area contributed by atoms with Gasteiger partial charge in [0.1, 0.15) is 5.75 Å². The van der Waals surface area contributed by atoms with Gasteiger partial charge >= 0.3 is 0 Å². The van der Waals surface area contributed by atoms with Crippen molar-refractivity contribution in [1.29, 1.82) is 0 Å². The number of rotatable bonds is 7. The molecule has 0 aliphatic carbocycles. The molecular formula is C22H32NOP. The molecule has 136 valence electrons. The predicted molar refractivity (Wildman–Crippen MR) is 112 cm³/mol. The maximum Gasteiger partial charge on any atom is 0.122 e. The van der Waals surface area contributed by atoms with Crippen LogP contribution in [0.4, 0.5) is 0 Å². The van der Waals surface area contributed by atoms with Crippen molar-refractivity contribution >= 4 is 13.9 Å². The van der Waals surface area contributed by atoms with Crippen LogP contribution in [0.3, 0.4) is 0 Å². The highest BCUT2D eigenvalue weighted by Gasteiger charge is 2.30. The molecule has 2 nitrogen and oxygen atoms in total. The first-order valence-electron chi connectivity index (χ1n) is 9.08. The number of phenolic OH excluding ortho intramolecular Hbond substituents is 1. The second-order valence-corrected chi connectivity index (χ2v) is 9.47. The summed E-state index contributed by atoms with van der Waals surface area (Å²) in [4.78, 5) is 2.22. The highest BCUT2D eigenvalue weighted by Crippen LogP contribution is 2.49. The summed E-state index contributed by atoms with van der Waals surface area (Å²) in [6, 6.07) is 13.0. The average Bonchev–Trinajstić information content (AvgIpc) is 2.52. The summed E-state index contributed by atoms with van der Waals surface area (Å²) >= 11 is 0. The van der Waals surface area contributed by atoms with Gasteiger partial charge in [-0.1, -0.05) is 70.8 Å². The Morgan fingerprint density at radius 3 is 2.44 bits per heavy atom. The van der Waals surface area contributed by atoms with Gasteiger partial charge < -0.3 is 10.0 Å². The van der Waals surface area contributed by atoms with Crippen LogP contribution in [-0.4, -0.2) is 24.1 Å². The Hall–Kier alpha value is -1.37. The van der Waals surface area contributed by atoms with Crippen molar-refractivity contribution in [3.05, 3.63) is 58.7 Å². The molecule has 2 aromatic carbocycles. The number of aryl methyl sites for hydroxylation is 2. The third-order valence-electron chi connectivity index (χ3n) is 4.70. The summed E-state index contributed by atoms with van der Waals surface area (Å²) in [5.74, 6) is 0.471. The lowest BCUT2D eigenvalue weighted by Crippen LogP contribution is -2.23. The van der Waals surface area contributed by atoms with Gasteiger partial charge in [0.05, 0.1) is 0 Å². The average molecular weight is 357 g/mol. The number of hydrogen-bond acceptors (Lipinski definition) is 2. The van der Waals surface area contributed by atoms with Gasteiger partial charge in [-0.2, -0.15) is 0 Å². The van der Waals surface area contributed by atoms with Gasteiger partial charge in [-0.15, -0.1) is 0 Å². The van der Waals surface area contributed by atoms with Gasteiger partial charge in [0, 0.05) is 17.3 Å². The van der Waals surface area contributed by atoms with Crippen LogP contribution in [0, 0.1) is 13.8 Å². The first-order valence-corrected chi connectivity index (χ1v) is 10.1. The standard InChI is InChI=1S/C22H32NOP/c1-7-12-22(4,19-14-16(2)13-17(3)21(19)24)25-20-11-9-8-10-18(20)15-23(5)6/h8-11,13-14,24-25H,7,12,15H2,1-6H3. The van der Waals surface area contributed by atoms with Crippen molar-refractivity contribution in [2.24, 2.45) is 0 Å². The molecule has 0 radical (unpaired) electrons. The summed E-state index contributed by atoms with van der Waals surface area (Å²) in [6.45, 7) is 9.61. The summed E-state index contributed by atoms with van der Waals surface area (Å²) < 4.78 is 0. The molecule has 0 fully saturated rings. The molecule has 2 unspecified atom stereocenters. The molecule has 2 aromatic rings. The molecule has 0 aromatic heterocycles. The van der Waals surface area contributed by atoms with Crippen molar-refractivity contribution in [2.45, 2.75) is 52.2 Å². The number of phenols is 1. The van der Waals surface area contributed by atoms with Gasteiger partial charge in [-0.3, -0.25) is 0 Å². The second-order valence-electron chi connectivity index (χ2n) is 7.58. The van der Waals surface area contributed by atoms with Crippen LogP contribution in [-0.2, 0) is 11.7 Å². The Morgan fingerprint density at radius 2 is 1.80 bits per heavy atom. The molecule has 0 aliphatic rings. The maximum absolute atomic E-state index is 10.8. The van der Waals surface area contributed by atoms with Gasteiger partial charge in [-0.05, 0) is 50.8 Å². The summed E-state index contributed by atoms with van der Waals surface area (Å²) in [5.41, 5.74) is 4.68. The van der Waals surface area contributed by atoms with Gasteiger partial charge in [0.2, 0.25) is 0 Å². The number of nitrogens with zero attached hydrogens (tertiary/aromatic N) is 1. The molecule has 3 heteroatoms. The Morgan fingerprint density at radius 1 is 1.12 bits per heavy atom. The summed E-state index contributed by atoms with van der Waals surface area (Å²) in [7, 11) is 4.86. The quantitative estimate of drug-likeness (QED) is 0.698. The van der Waals surface area contributed by atoms with Crippen molar-refractivity contribution in [3.63, 3.8) is 0 Å². The molecule has 0 bridgehead atoms. The minimum absolute atomic E-state index is 0.0436. The second kappa shape index (κ2) is 8.34. The number of benzene rings is 2. The maximum atomic E-state index is 10.8. The zero-order chi connectivity index (χ0) is 18.6. The van der Waals surface area contributed by atoms with Crippen LogP contribution >= 0.6 is 8.58 Å². The van der Waals surface area contributed by atoms with Crippen LogP contribution in [0.2, 0.25) is 0 Å². The van der Waals surface area contributed by atoms with Crippen LogP contribution in [0.1, 0.15) is 48.9 Å². The smallest absolute Gasteiger partial charge is 0.122 e. The van der Waals surface area contributed by atoms with Crippen LogP contribution in [0.25, 0.3) is 0 Å². The Balaban J connectivity index is 2.49. The van der Waals surface area contributed by atoms with E-state index in [1.807, 2.05) is 6.92 Å². The third kappa shape index (κ3) is 4.84. The largest absolute Gasteiger partial charge is 0.507 e. The van der Waals surface area contributed by atoms with E-state index in [1.165, 1.54) is 16.4 Å². The van der Waals surface area contributed by atoms with Gasteiger partial charge in [-0.25, -0.2) is 0 Å². The molecule has 0 aliphatic heterocycles. The van der Waals surface area contributed by atoms with E-state index in [9.17, 15) is 5.11 Å². The first kappa shape index (κ1) is 19.9. The normalized spacial score (nSPS) is 14.4. The van der Waals surface area contributed by atoms with Crippen LogP contribution < -0.4 is 5.30 Å². The summed E-state index contributed by atoms with van der Waals surface area (Å²) in [6.07, 6.45) is 2.17. The Kier molecular flexibility index (Phi) is 6.65. The molecule has 25 heavy (non-hydrogen) atoms. The predicted octanol–water partition coefficient (Wildman–Crippen LogP) is 5.09. The fraction of sp³-hybridized carbons (Fsp3) is 0.455. The van der Waals surface area contributed by atoms with E-state index in [2.05, 4.69) is 76.2 Å². The SMILES string of the molecule is CCCC(C)(Pc1ccccc1CN(C)C)c1cc(C)cc(C)c1O. The Labute approximate surface area is 155 Å². The molecule has 0 saturated heterocycles. The van der Waals surface area contributed by atoms with Crippen molar-refractivity contribution in [2.75, 3.05) is 14.1 Å². The van der Waals surface area contributed by atoms with Crippen LogP contribution in [0.5, 0.6) is 5.75 Å². The van der Waals surface area contributed by atoms with E-state index in [4.69, 9.17) is 0 Å².